The van der Waals surface area contributed by atoms with E-state index in [0.29, 0.717) is 6.04 Å². The predicted molar refractivity (Wildman–Crippen MR) is 95.1 cm³/mol. The number of thiophene rings is 1. The van der Waals surface area contributed by atoms with E-state index in [0.717, 1.165) is 17.1 Å². The Hall–Kier alpha value is -1.01. The molecule has 1 unspecified atom stereocenters. The zero-order chi connectivity index (χ0) is 14.7. The Bertz CT molecular complexity index is 706. The summed E-state index contributed by atoms with van der Waals surface area (Å²) in [6.07, 6.45) is 0.918. The third-order valence-corrected chi connectivity index (χ3v) is 5.89. The highest BCUT2D eigenvalue weighted by Gasteiger charge is 2.15. The van der Waals surface area contributed by atoms with Crippen molar-refractivity contribution in [3.8, 4) is 11.3 Å². The van der Waals surface area contributed by atoms with E-state index in [1.807, 2.05) is 25.2 Å². The van der Waals surface area contributed by atoms with E-state index in [4.69, 9.17) is 4.98 Å². The average molecular weight is 379 g/mol. The van der Waals surface area contributed by atoms with Crippen molar-refractivity contribution in [3.05, 3.63) is 61.5 Å². The zero-order valence-corrected chi connectivity index (χ0v) is 14.8. The number of nitrogens with zero attached hydrogens (tertiary/aromatic N) is 1. The minimum Gasteiger partial charge on any atom is -0.312 e. The third kappa shape index (κ3) is 3.61. The number of benzene rings is 1. The monoisotopic (exact) mass is 378 g/mol. The maximum atomic E-state index is 4.77. The van der Waals surface area contributed by atoms with E-state index in [9.17, 15) is 0 Å². The Morgan fingerprint density at radius 1 is 1.19 bits per heavy atom. The number of aromatic nitrogens is 1. The molecule has 0 radical (unpaired) electrons. The summed E-state index contributed by atoms with van der Waals surface area (Å²) in [7, 11) is 2.00. The summed E-state index contributed by atoms with van der Waals surface area (Å²) in [5.41, 5.74) is 2.25. The molecule has 0 bridgehead atoms. The van der Waals surface area contributed by atoms with Gasteiger partial charge in [0.25, 0.3) is 0 Å². The largest absolute Gasteiger partial charge is 0.312 e. The molecule has 0 amide bonds. The molecule has 2 aromatic heterocycles. The Labute approximate surface area is 141 Å². The third-order valence-electron chi connectivity index (χ3n) is 3.29. The molecule has 1 N–H and O–H groups in total. The van der Waals surface area contributed by atoms with Gasteiger partial charge in [-0.3, -0.25) is 0 Å². The maximum Gasteiger partial charge on any atom is 0.0951 e. The molecule has 2 heterocycles. The lowest BCUT2D eigenvalue weighted by molar-refractivity contribution is 0.600. The minimum absolute atomic E-state index is 0.316. The van der Waals surface area contributed by atoms with Gasteiger partial charge in [0.1, 0.15) is 0 Å². The average Bonchev–Trinajstić information content (AvgIpc) is 3.15. The Balaban J connectivity index is 1.77. The van der Waals surface area contributed by atoms with Crippen molar-refractivity contribution < 1.29 is 0 Å². The molecule has 3 rings (SSSR count). The molecule has 2 nitrogen and oxygen atoms in total. The van der Waals surface area contributed by atoms with Crippen LogP contribution >= 0.6 is 38.6 Å². The minimum atomic E-state index is 0.316. The molecule has 0 saturated carbocycles. The van der Waals surface area contributed by atoms with Crippen LogP contribution in [-0.4, -0.2) is 12.0 Å². The highest BCUT2D eigenvalue weighted by atomic mass is 79.9. The van der Waals surface area contributed by atoms with Crippen molar-refractivity contribution in [2.24, 2.45) is 0 Å². The Morgan fingerprint density at radius 2 is 2.00 bits per heavy atom. The number of thiazole rings is 1. The van der Waals surface area contributed by atoms with Crippen LogP contribution in [0.5, 0.6) is 0 Å². The molecule has 3 aromatic rings. The number of hydrogen-bond acceptors (Lipinski definition) is 4. The number of likely N-dealkylation sites (N-methyl/N-ethyl adjacent to an activating group) is 1. The van der Waals surface area contributed by atoms with Crippen LogP contribution in [-0.2, 0) is 6.42 Å². The first-order chi connectivity index (χ1) is 10.3. The summed E-state index contributed by atoms with van der Waals surface area (Å²) in [6.45, 7) is 0. The van der Waals surface area contributed by atoms with Crippen LogP contribution in [0.15, 0.2) is 51.6 Å². The van der Waals surface area contributed by atoms with E-state index in [2.05, 4.69) is 50.9 Å². The standard InChI is InChI=1S/C16H15BrN2S2/c1-18-12(14-7-8-15(17)21-14)9-16-19-13(10-20-16)11-5-3-2-4-6-11/h2-8,10,12,18H,9H2,1H3. The van der Waals surface area contributed by atoms with Gasteiger partial charge in [0.15, 0.2) is 0 Å². The van der Waals surface area contributed by atoms with Gasteiger partial charge in [0, 0.05) is 28.3 Å². The SMILES string of the molecule is CNC(Cc1nc(-c2ccccc2)cs1)c1ccc(Br)s1. The van der Waals surface area contributed by atoms with Crippen LogP contribution < -0.4 is 5.32 Å². The van der Waals surface area contributed by atoms with Crippen molar-refractivity contribution in [2.45, 2.75) is 12.5 Å². The van der Waals surface area contributed by atoms with Gasteiger partial charge in [-0.05, 0) is 35.1 Å². The molecule has 0 aliphatic rings. The highest BCUT2D eigenvalue weighted by molar-refractivity contribution is 9.11. The first kappa shape index (κ1) is 14.9. The van der Waals surface area contributed by atoms with Crippen LogP contribution in [0.3, 0.4) is 0 Å². The van der Waals surface area contributed by atoms with E-state index in [1.165, 1.54) is 14.2 Å². The van der Waals surface area contributed by atoms with Crippen LogP contribution in [0.2, 0.25) is 0 Å². The predicted octanol–water partition coefficient (Wildman–Crippen LogP) is 5.14. The van der Waals surface area contributed by atoms with Gasteiger partial charge in [-0.1, -0.05) is 30.3 Å². The van der Waals surface area contributed by atoms with E-state index in [-0.39, 0.29) is 0 Å². The highest BCUT2D eigenvalue weighted by Crippen LogP contribution is 2.30. The molecule has 5 heteroatoms. The fourth-order valence-electron chi connectivity index (χ4n) is 2.18. The number of halogens is 1. The Kier molecular flexibility index (Phi) is 4.85. The van der Waals surface area contributed by atoms with Gasteiger partial charge in [-0.15, -0.1) is 22.7 Å². The van der Waals surface area contributed by atoms with Crippen LogP contribution in [0.1, 0.15) is 15.9 Å². The summed E-state index contributed by atoms with van der Waals surface area (Å²) in [4.78, 5) is 6.11. The second kappa shape index (κ2) is 6.83. The smallest absolute Gasteiger partial charge is 0.0951 e. The maximum absolute atomic E-state index is 4.77. The van der Waals surface area contributed by atoms with E-state index >= 15 is 0 Å². The first-order valence-electron chi connectivity index (χ1n) is 6.68. The molecule has 0 spiro atoms. The van der Waals surface area contributed by atoms with Crippen molar-refractivity contribution in [3.63, 3.8) is 0 Å². The summed E-state index contributed by atoms with van der Waals surface area (Å²) >= 11 is 7.03. The zero-order valence-electron chi connectivity index (χ0n) is 11.5. The van der Waals surface area contributed by atoms with E-state index in [1.54, 1.807) is 22.7 Å². The topological polar surface area (TPSA) is 24.9 Å². The lowest BCUT2D eigenvalue weighted by Crippen LogP contribution is -2.17. The first-order valence-corrected chi connectivity index (χ1v) is 9.17. The second-order valence-corrected chi connectivity index (χ2v) is 8.12. The molecule has 21 heavy (non-hydrogen) atoms. The number of nitrogens with one attached hydrogen (secondary N) is 1. The summed E-state index contributed by atoms with van der Waals surface area (Å²) in [5.74, 6) is 0. The summed E-state index contributed by atoms with van der Waals surface area (Å²) < 4.78 is 1.17. The van der Waals surface area contributed by atoms with Crippen LogP contribution in [0.4, 0.5) is 0 Å². The number of rotatable bonds is 5. The van der Waals surface area contributed by atoms with Gasteiger partial charge < -0.3 is 5.32 Å². The van der Waals surface area contributed by atoms with Crippen molar-refractivity contribution in [1.82, 2.24) is 10.3 Å². The normalized spacial score (nSPS) is 12.5. The fourth-order valence-corrected chi connectivity index (χ4v) is 4.57. The quantitative estimate of drug-likeness (QED) is 0.664. The molecule has 0 saturated heterocycles. The van der Waals surface area contributed by atoms with Crippen LogP contribution in [0.25, 0.3) is 11.3 Å². The molecule has 0 aliphatic heterocycles. The fraction of sp³-hybridized carbons (Fsp3) is 0.188. The summed E-state index contributed by atoms with van der Waals surface area (Å²) in [6, 6.07) is 14.9. The molecule has 0 fully saturated rings. The van der Waals surface area contributed by atoms with Gasteiger partial charge in [0.2, 0.25) is 0 Å². The molecule has 1 atom stereocenters. The second-order valence-electron chi connectivity index (χ2n) is 4.68. The van der Waals surface area contributed by atoms with Gasteiger partial charge in [-0.2, -0.15) is 0 Å². The Morgan fingerprint density at radius 3 is 2.67 bits per heavy atom. The van der Waals surface area contributed by atoms with Crippen molar-refractivity contribution >= 4 is 38.6 Å². The lowest BCUT2D eigenvalue weighted by atomic mass is 10.1. The molecule has 0 aliphatic carbocycles. The molecule has 1 aromatic carbocycles. The molecular weight excluding hydrogens is 364 g/mol. The lowest BCUT2D eigenvalue weighted by Gasteiger charge is -2.12. The van der Waals surface area contributed by atoms with Crippen molar-refractivity contribution in [2.75, 3.05) is 7.05 Å². The molecular formula is C16H15BrN2S2. The van der Waals surface area contributed by atoms with E-state index < -0.39 is 0 Å². The van der Waals surface area contributed by atoms with Crippen molar-refractivity contribution in [1.29, 1.82) is 0 Å². The van der Waals surface area contributed by atoms with Crippen LogP contribution in [0, 0.1) is 0 Å². The molecule has 108 valence electrons. The van der Waals surface area contributed by atoms with Gasteiger partial charge >= 0.3 is 0 Å². The van der Waals surface area contributed by atoms with Gasteiger partial charge in [-0.25, -0.2) is 4.98 Å². The number of hydrogen-bond donors (Lipinski definition) is 1. The summed E-state index contributed by atoms with van der Waals surface area (Å²) in [5, 5.41) is 6.69. The van der Waals surface area contributed by atoms with Gasteiger partial charge in [0.05, 0.1) is 14.5 Å².